The largest absolute Gasteiger partial charge is 0.493 e. The predicted molar refractivity (Wildman–Crippen MR) is 114 cm³/mol. The summed E-state index contributed by atoms with van der Waals surface area (Å²) in [6, 6.07) is 7.29. The number of hydrogen-bond donors (Lipinski definition) is 2. The average Bonchev–Trinajstić information content (AvgIpc) is 3.22. The van der Waals surface area contributed by atoms with E-state index in [2.05, 4.69) is 14.7 Å². The van der Waals surface area contributed by atoms with E-state index in [0.717, 1.165) is 5.56 Å². The number of hydrogen-bond acceptors (Lipinski definition) is 9. The summed E-state index contributed by atoms with van der Waals surface area (Å²) in [6.07, 6.45) is 4.88. The molecule has 158 valence electrons. The van der Waals surface area contributed by atoms with Crippen molar-refractivity contribution in [3.63, 3.8) is 0 Å². The van der Waals surface area contributed by atoms with Crippen LogP contribution in [0.15, 0.2) is 44.7 Å². The predicted octanol–water partition coefficient (Wildman–Crippen LogP) is 1.79. The molecular formula is C21H24N4O5. The molecule has 3 rings (SSSR count). The normalized spacial score (nSPS) is 18.3. The van der Waals surface area contributed by atoms with E-state index in [0.29, 0.717) is 41.5 Å². The van der Waals surface area contributed by atoms with Crippen LogP contribution in [0.2, 0.25) is 0 Å². The minimum atomic E-state index is -0.767. The van der Waals surface area contributed by atoms with Crippen molar-refractivity contribution in [2.24, 2.45) is 21.5 Å². The van der Waals surface area contributed by atoms with Gasteiger partial charge in [-0.05, 0) is 42.3 Å². The number of rotatable bonds is 7. The maximum Gasteiger partial charge on any atom is 0.330 e. The summed E-state index contributed by atoms with van der Waals surface area (Å²) >= 11 is 0. The van der Waals surface area contributed by atoms with Gasteiger partial charge in [0.25, 0.3) is 0 Å². The monoisotopic (exact) mass is 412 g/mol. The molecule has 1 aromatic heterocycles. The van der Waals surface area contributed by atoms with E-state index in [1.165, 1.54) is 19.3 Å². The highest BCUT2D eigenvalue weighted by atomic mass is 16.5. The van der Waals surface area contributed by atoms with E-state index < -0.39 is 11.5 Å². The zero-order valence-corrected chi connectivity index (χ0v) is 17.0. The molecule has 0 aliphatic carbocycles. The lowest BCUT2D eigenvalue weighted by molar-refractivity contribution is -0.134. The summed E-state index contributed by atoms with van der Waals surface area (Å²) in [6.45, 7) is 0.329. The van der Waals surface area contributed by atoms with Crippen molar-refractivity contribution in [2.45, 2.75) is 12.0 Å². The first kappa shape index (κ1) is 21.1. The van der Waals surface area contributed by atoms with Gasteiger partial charge >= 0.3 is 5.97 Å². The van der Waals surface area contributed by atoms with Gasteiger partial charge in [-0.15, -0.1) is 0 Å². The molecule has 30 heavy (non-hydrogen) atoms. The van der Waals surface area contributed by atoms with Crippen molar-refractivity contribution >= 4 is 24.2 Å². The molecule has 4 N–H and O–H groups in total. The number of ether oxygens (including phenoxy) is 3. The van der Waals surface area contributed by atoms with Gasteiger partial charge in [-0.3, -0.25) is 0 Å². The Kier molecular flexibility index (Phi) is 6.22. The first-order valence-electron chi connectivity index (χ1n) is 9.12. The Morgan fingerprint density at radius 1 is 1.27 bits per heavy atom. The summed E-state index contributed by atoms with van der Waals surface area (Å²) < 4.78 is 21.5. The van der Waals surface area contributed by atoms with Crippen LogP contribution >= 0.6 is 0 Å². The SMILES string of the molecule is COC(=O)C=Cc1ccc(-c2cc(CC3(N)C=NC(N)=NC3)cc(OC)c2OC)o1. The Labute approximate surface area is 174 Å². The number of methoxy groups -OCH3 is 3. The van der Waals surface area contributed by atoms with Crippen molar-refractivity contribution < 1.29 is 23.4 Å². The second kappa shape index (κ2) is 8.83. The summed E-state index contributed by atoms with van der Waals surface area (Å²) in [7, 11) is 4.42. The maximum absolute atomic E-state index is 11.3. The van der Waals surface area contributed by atoms with E-state index >= 15 is 0 Å². The molecule has 0 saturated carbocycles. The number of guanidine groups is 1. The molecule has 1 atom stereocenters. The molecule has 1 unspecified atom stereocenters. The van der Waals surface area contributed by atoms with Gasteiger partial charge in [0.15, 0.2) is 11.5 Å². The minimum Gasteiger partial charge on any atom is -0.493 e. The molecule has 9 heteroatoms. The highest BCUT2D eigenvalue weighted by Crippen LogP contribution is 2.40. The summed E-state index contributed by atoms with van der Waals surface area (Å²) in [5.41, 5.74) is 12.8. The molecule has 0 fully saturated rings. The van der Waals surface area contributed by atoms with Crippen molar-refractivity contribution in [1.82, 2.24) is 0 Å². The van der Waals surface area contributed by atoms with Crippen LogP contribution in [0.3, 0.4) is 0 Å². The summed E-state index contributed by atoms with van der Waals surface area (Å²) in [5, 5.41) is 0. The lowest BCUT2D eigenvalue weighted by Crippen LogP contribution is -2.49. The molecule has 0 saturated heterocycles. The van der Waals surface area contributed by atoms with Crippen LogP contribution in [-0.2, 0) is 16.0 Å². The van der Waals surface area contributed by atoms with Gasteiger partial charge in [0.2, 0.25) is 5.96 Å². The Morgan fingerprint density at radius 3 is 2.70 bits per heavy atom. The average molecular weight is 412 g/mol. The maximum atomic E-state index is 11.3. The number of nitrogens with zero attached hydrogens (tertiary/aromatic N) is 2. The van der Waals surface area contributed by atoms with Gasteiger partial charge in [0.05, 0.1) is 39.0 Å². The summed E-state index contributed by atoms with van der Waals surface area (Å²) in [5.74, 6) is 1.83. The Balaban J connectivity index is 1.97. The molecule has 2 aromatic rings. The van der Waals surface area contributed by atoms with Gasteiger partial charge in [0, 0.05) is 12.3 Å². The lowest BCUT2D eigenvalue weighted by Gasteiger charge is -2.26. The fourth-order valence-electron chi connectivity index (χ4n) is 3.10. The molecule has 2 heterocycles. The highest BCUT2D eigenvalue weighted by Gasteiger charge is 2.27. The number of aliphatic imine (C=N–C) groups is 2. The van der Waals surface area contributed by atoms with Crippen LogP contribution in [0.5, 0.6) is 11.5 Å². The van der Waals surface area contributed by atoms with Crippen molar-refractivity contribution in [3.8, 4) is 22.8 Å². The van der Waals surface area contributed by atoms with E-state index in [1.54, 1.807) is 32.6 Å². The van der Waals surface area contributed by atoms with Gasteiger partial charge in [0.1, 0.15) is 11.5 Å². The van der Waals surface area contributed by atoms with Crippen LogP contribution in [0.4, 0.5) is 0 Å². The molecule has 0 radical (unpaired) electrons. The lowest BCUT2D eigenvalue weighted by atomic mass is 9.91. The molecular weight excluding hydrogens is 388 g/mol. The highest BCUT2D eigenvalue weighted by molar-refractivity contribution is 5.92. The molecule has 1 aliphatic heterocycles. The van der Waals surface area contributed by atoms with Crippen LogP contribution in [0.25, 0.3) is 17.4 Å². The molecule has 0 bridgehead atoms. The van der Waals surface area contributed by atoms with E-state index in [1.807, 2.05) is 12.1 Å². The third-order valence-electron chi connectivity index (χ3n) is 4.54. The Morgan fingerprint density at radius 2 is 2.07 bits per heavy atom. The van der Waals surface area contributed by atoms with Crippen molar-refractivity contribution in [2.75, 3.05) is 27.9 Å². The van der Waals surface area contributed by atoms with Crippen molar-refractivity contribution in [1.29, 1.82) is 0 Å². The Hall–Kier alpha value is -3.59. The fourth-order valence-corrected chi connectivity index (χ4v) is 3.10. The first-order valence-corrected chi connectivity index (χ1v) is 9.12. The first-order chi connectivity index (χ1) is 14.4. The van der Waals surface area contributed by atoms with Crippen LogP contribution in [0, 0.1) is 0 Å². The third kappa shape index (κ3) is 4.69. The number of carbonyl (C=O) groups excluding carboxylic acids is 1. The van der Waals surface area contributed by atoms with Gasteiger partial charge in [-0.25, -0.2) is 14.8 Å². The third-order valence-corrected chi connectivity index (χ3v) is 4.54. The molecule has 1 aromatic carbocycles. The van der Waals surface area contributed by atoms with Gasteiger partial charge in [-0.1, -0.05) is 0 Å². The fraction of sp³-hybridized carbons (Fsp3) is 0.286. The standard InChI is InChI=1S/C21H24N4O5/c1-27-17-9-13(10-21(23)11-24-20(22)25-12-21)8-15(19(17)29-3)16-6-4-14(30-16)5-7-18(26)28-2/h4-9,11H,10,12,23H2,1-3H3,(H2,22,25). The zero-order valence-electron chi connectivity index (χ0n) is 17.0. The molecule has 0 amide bonds. The van der Waals surface area contributed by atoms with Crippen molar-refractivity contribution in [3.05, 3.63) is 41.7 Å². The topological polar surface area (TPSA) is 135 Å². The second-order valence-electron chi connectivity index (χ2n) is 6.78. The number of carbonyl (C=O) groups is 1. The second-order valence-corrected chi connectivity index (χ2v) is 6.78. The van der Waals surface area contributed by atoms with E-state index in [4.69, 9.17) is 25.4 Å². The van der Waals surface area contributed by atoms with Gasteiger partial charge < -0.3 is 30.1 Å². The Bertz CT molecular complexity index is 1020. The number of benzene rings is 1. The van der Waals surface area contributed by atoms with Crippen LogP contribution in [-0.4, -0.2) is 51.6 Å². The van der Waals surface area contributed by atoms with Crippen LogP contribution in [0.1, 0.15) is 11.3 Å². The van der Waals surface area contributed by atoms with E-state index in [-0.39, 0.29) is 5.96 Å². The smallest absolute Gasteiger partial charge is 0.330 e. The van der Waals surface area contributed by atoms with Crippen LogP contribution < -0.4 is 20.9 Å². The van der Waals surface area contributed by atoms with Gasteiger partial charge in [-0.2, -0.15) is 0 Å². The zero-order chi connectivity index (χ0) is 21.7. The minimum absolute atomic E-state index is 0.215. The molecule has 9 nitrogen and oxygen atoms in total. The number of furan rings is 1. The number of esters is 1. The van der Waals surface area contributed by atoms with E-state index in [9.17, 15) is 4.79 Å². The number of nitrogens with two attached hydrogens (primary N) is 2. The molecule has 0 spiro atoms. The summed E-state index contributed by atoms with van der Waals surface area (Å²) in [4.78, 5) is 19.5. The quantitative estimate of drug-likeness (QED) is 0.523. The molecule has 1 aliphatic rings.